The van der Waals surface area contributed by atoms with E-state index in [2.05, 4.69) is 11.0 Å². The second-order valence-electron chi connectivity index (χ2n) is 7.29. The molecule has 7 heteroatoms. The summed E-state index contributed by atoms with van der Waals surface area (Å²) in [4.78, 5) is 28.6. The van der Waals surface area contributed by atoms with Gasteiger partial charge in [0.15, 0.2) is 0 Å². The first-order valence-corrected chi connectivity index (χ1v) is 9.27. The molecule has 3 aliphatic heterocycles. The van der Waals surface area contributed by atoms with E-state index in [1.165, 1.54) is 5.56 Å². The number of benzene rings is 1. The maximum atomic E-state index is 13.0. The molecule has 27 heavy (non-hydrogen) atoms. The highest BCUT2D eigenvalue weighted by Gasteiger charge is 2.54. The smallest absolute Gasteiger partial charge is 0.310 e. The maximum Gasteiger partial charge on any atom is 0.310 e. The van der Waals surface area contributed by atoms with Gasteiger partial charge in [0.05, 0.1) is 25.2 Å². The number of hydrogen-bond donors (Lipinski definition) is 1. The van der Waals surface area contributed by atoms with Gasteiger partial charge < -0.3 is 19.5 Å². The quantitative estimate of drug-likeness (QED) is 0.777. The first kappa shape index (κ1) is 18.0. The molecule has 1 N–H and O–H groups in total. The lowest BCUT2D eigenvalue weighted by Crippen LogP contribution is -2.52. The van der Waals surface area contributed by atoms with Crippen molar-refractivity contribution in [1.29, 1.82) is 0 Å². The zero-order valence-electron chi connectivity index (χ0n) is 15.3. The summed E-state index contributed by atoms with van der Waals surface area (Å²) in [5.74, 6) is -1.60. The molecule has 0 saturated carbocycles. The predicted molar refractivity (Wildman–Crippen MR) is 97.3 cm³/mol. The molecule has 2 saturated heterocycles. The summed E-state index contributed by atoms with van der Waals surface area (Å²) in [5, 5.41) is 9.50. The van der Waals surface area contributed by atoms with Gasteiger partial charge >= 0.3 is 5.97 Å². The Morgan fingerprint density at radius 2 is 1.85 bits per heavy atom. The monoisotopic (exact) mass is 372 g/mol. The molecule has 0 spiro atoms. The third-order valence-electron chi connectivity index (χ3n) is 5.69. The van der Waals surface area contributed by atoms with Crippen molar-refractivity contribution < 1.29 is 24.2 Å². The van der Waals surface area contributed by atoms with Crippen LogP contribution in [0, 0.1) is 11.8 Å². The number of carbonyl (C=O) groups excluding carboxylic acids is 1. The third-order valence-corrected chi connectivity index (χ3v) is 5.69. The number of carboxylic acids is 1. The van der Waals surface area contributed by atoms with E-state index in [9.17, 15) is 14.7 Å². The number of aliphatic carboxylic acids is 1. The van der Waals surface area contributed by atoms with Crippen molar-refractivity contribution >= 4 is 11.9 Å². The average Bonchev–Trinajstić information content (AvgIpc) is 3.29. The van der Waals surface area contributed by atoms with Crippen molar-refractivity contribution in [3.05, 3.63) is 42.0 Å². The van der Waals surface area contributed by atoms with E-state index in [-0.39, 0.29) is 5.91 Å². The Labute approximate surface area is 158 Å². The highest BCUT2D eigenvalue weighted by Crippen LogP contribution is 2.40. The van der Waals surface area contributed by atoms with E-state index in [4.69, 9.17) is 9.47 Å². The molecule has 1 amide bonds. The second-order valence-corrected chi connectivity index (χ2v) is 7.29. The van der Waals surface area contributed by atoms with E-state index in [1.807, 2.05) is 24.3 Å². The minimum Gasteiger partial charge on any atom is -0.497 e. The van der Waals surface area contributed by atoms with Crippen LogP contribution in [0.3, 0.4) is 0 Å². The molecule has 7 nitrogen and oxygen atoms in total. The van der Waals surface area contributed by atoms with Gasteiger partial charge in [-0.3, -0.25) is 14.5 Å². The summed E-state index contributed by atoms with van der Waals surface area (Å²) in [6, 6.07) is 7.98. The Morgan fingerprint density at radius 3 is 2.52 bits per heavy atom. The molecule has 0 aliphatic carbocycles. The fourth-order valence-corrected chi connectivity index (χ4v) is 4.26. The molecular weight excluding hydrogens is 348 g/mol. The van der Waals surface area contributed by atoms with Crippen LogP contribution in [0.1, 0.15) is 5.56 Å². The predicted octanol–water partition coefficient (Wildman–Crippen LogP) is 0.994. The van der Waals surface area contributed by atoms with Gasteiger partial charge in [-0.2, -0.15) is 0 Å². The molecule has 3 heterocycles. The lowest BCUT2D eigenvalue weighted by atomic mass is 9.82. The largest absolute Gasteiger partial charge is 0.497 e. The Kier molecular flexibility index (Phi) is 4.88. The summed E-state index contributed by atoms with van der Waals surface area (Å²) in [6.07, 6.45) is 2.71. The van der Waals surface area contributed by atoms with Crippen LogP contribution in [0.15, 0.2) is 36.4 Å². The van der Waals surface area contributed by atoms with Crippen LogP contribution in [0.2, 0.25) is 0 Å². The Hall–Kier alpha value is -2.38. The van der Waals surface area contributed by atoms with Crippen molar-refractivity contribution in [3.63, 3.8) is 0 Å². The summed E-state index contributed by atoms with van der Waals surface area (Å²) in [6.45, 7) is 3.53. The van der Waals surface area contributed by atoms with Crippen LogP contribution in [0.5, 0.6) is 5.75 Å². The number of hydrogen-bond acceptors (Lipinski definition) is 5. The summed E-state index contributed by atoms with van der Waals surface area (Å²) in [5.41, 5.74) is 1.17. The minimum absolute atomic E-state index is 0.0970. The molecule has 3 aliphatic rings. The molecule has 144 valence electrons. The van der Waals surface area contributed by atoms with Crippen molar-refractivity contribution in [2.75, 3.05) is 33.3 Å². The Morgan fingerprint density at radius 1 is 1.15 bits per heavy atom. The van der Waals surface area contributed by atoms with Crippen molar-refractivity contribution in [2.24, 2.45) is 11.8 Å². The standard InChI is InChI=1S/C20H24N2O5/c1-26-14-4-2-3-13(11-14)12-21-7-9-22(10-8-21)19(23)17-15-5-6-16(27-15)18(17)20(24)25/h2-6,11,15-18H,7-10,12H2,1H3,(H,24,25)/t15-,16+,17+,18-/m0/s1. The molecule has 0 aromatic heterocycles. The zero-order chi connectivity index (χ0) is 19.0. The molecule has 0 radical (unpaired) electrons. The number of ether oxygens (including phenoxy) is 2. The first-order valence-electron chi connectivity index (χ1n) is 9.27. The van der Waals surface area contributed by atoms with Crippen LogP contribution in [-0.2, 0) is 20.9 Å². The molecule has 4 atom stereocenters. The number of nitrogens with zero attached hydrogens (tertiary/aromatic N) is 2. The van der Waals surface area contributed by atoms with Gasteiger partial charge in [0.2, 0.25) is 5.91 Å². The summed E-state index contributed by atoms with van der Waals surface area (Å²) in [7, 11) is 1.66. The fraction of sp³-hybridized carbons (Fsp3) is 0.500. The molecule has 0 unspecified atom stereocenters. The SMILES string of the molecule is COc1cccc(CN2CCN(C(=O)[C@H]3[C@@H](C(=O)O)[C@H]4C=C[C@@H]3O4)CC2)c1. The Bertz CT molecular complexity index is 756. The second kappa shape index (κ2) is 7.32. The van der Waals surface area contributed by atoms with Crippen LogP contribution in [-0.4, -0.2) is 72.3 Å². The van der Waals surface area contributed by atoms with E-state index in [1.54, 1.807) is 18.1 Å². The van der Waals surface area contributed by atoms with Crippen molar-refractivity contribution in [2.45, 2.75) is 18.8 Å². The molecular formula is C20H24N2O5. The van der Waals surface area contributed by atoms with Crippen LogP contribution in [0.25, 0.3) is 0 Å². The molecule has 1 aromatic carbocycles. The average molecular weight is 372 g/mol. The highest BCUT2D eigenvalue weighted by molar-refractivity contribution is 5.87. The van der Waals surface area contributed by atoms with Gasteiger partial charge in [0, 0.05) is 32.7 Å². The normalized spacial score (nSPS) is 29.9. The lowest BCUT2D eigenvalue weighted by molar-refractivity contribution is -0.150. The van der Waals surface area contributed by atoms with Gasteiger partial charge in [-0.15, -0.1) is 0 Å². The van der Waals surface area contributed by atoms with E-state index in [0.717, 1.165) is 25.4 Å². The van der Waals surface area contributed by atoms with Gasteiger partial charge in [-0.1, -0.05) is 24.3 Å². The number of piperazine rings is 1. The number of carboxylic acid groups (broad SMARTS) is 1. The van der Waals surface area contributed by atoms with E-state index < -0.39 is 30.0 Å². The number of amides is 1. The van der Waals surface area contributed by atoms with Gasteiger partial charge in [-0.25, -0.2) is 0 Å². The van der Waals surface area contributed by atoms with Crippen LogP contribution >= 0.6 is 0 Å². The van der Waals surface area contributed by atoms with Crippen LogP contribution < -0.4 is 4.74 Å². The topological polar surface area (TPSA) is 79.3 Å². The molecule has 2 bridgehead atoms. The lowest BCUT2D eigenvalue weighted by Gasteiger charge is -2.37. The summed E-state index contributed by atoms with van der Waals surface area (Å²) < 4.78 is 10.9. The van der Waals surface area contributed by atoms with Gasteiger partial charge in [0.25, 0.3) is 0 Å². The zero-order valence-corrected chi connectivity index (χ0v) is 15.3. The fourth-order valence-electron chi connectivity index (χ4n) is 4.26. The number of methoxy groups -OCH3 is 1. The number of fused-ring (bicyclic) bond motifs is 2. The molecule has 1 aromatic rings. The summed E-state index contributed by atoms with van der Waals surface area (Å²) >= 11 is 0. The maximum absolute atomic E-state index is 13.0. The van der Waals surface area contributed by atoms with E-state index >= 15 is 0 Å². The Balaban J connectivity index is 1.35. The third kappa shape index (κ3) is 3.44. The molecule has 4 rings (SSSR count). The number of rotatable bonds is 5. The number of carbonyl (C=O) groups is 2. The molecule has 2 fully saturated rings. The van der Waals surface area contributed by atoms with Gasteiger partial charge in [-0.05, 0) is 17.7 Å². The highest BCUT2D eigenvalue weighted by atomic mass is 16.5. The van der Waals surface area contributed by atoms with Gasteiger partial charge in [0.1, 0.15) is 11.7 Å². The van der Waals surface area contributed by atoms with Crippen molar-refractivity contribution in [1.82, 2.24) is 9.80 Å². The first-order chi connectivity index (χ1) is 13.1. The minimum atomic E-state index is -0.957. The van der Waals surface area contributed by atoms with Crippen molar-refractivity contribution in [3.8, 4) is 5.75 Å². The van der Waals surface area contributed by atoms with E-state index in [0.29, 0.717) is 13.1 Å². The van der Waals surface area contributed by atoms with Crippen LogP contribution in [0.4, 0.5) is 0 Å².